The molecule has 1 amide bonds. The molecule has 0 aliphatic carbocycles. The van der Waals surface area contributed by atoms with Gasteiger partial charge < -0.3 is 4.90 Å². The van der Waals surface area contributed by atoms with Gasteiger partial charge in [-0.1, -0.05) is 18.2 Å². The van der Waals surface area contributed by atoms with E-state index in [2.05, 4.69) is 10.1 Å². The summed E-state index contributed by atoms with van der Waals surface area (Å²) in [6.45, 7) is 0.303. The molecule has 0 fully saturated rings. The summed E-state index contributed by atoms with van der Waals surface area (Å²) in [5, 5.41) is 3.96. The lowest BCUT2D eigenvalue weighted by Crippen LogP contribution is -2.31. The first-order chi connectivity index (χ1) is 12.1. The minimum absolute atomic E-state index is 0.0518. The van der Waals surface area contributed by atoms with Gasteiger partial charge in [-0.2, -0.15) is 5.10 Å². The maximum Gasteiger partial charge on any atom is 0.229 e. The lowest BCUT2D eigenvalue weighted by Gasteiger charge is -2.23. The number of benzene rings is 2. The topological polar surface area (TPSA) is 51.0 Å². The van der Waals surface area contributed by atoms with Gasteiger partial charge >= 0.3 is 0 Å². The molecule has 0 bridgehead atoms. The van der Waals surface area contributed by atoms with E-state index in [4.69, 9.17) is 0 Å². The molecular weight excluding hydrogens is 326 g/mol. The number of rotatable bonds is 6. The highest BCUT2D eigenvalue weighted by Crippen LogP contribution is 2.20. The van der Waals surface area contributed by atoms with Gasteiger partial charge in [0.2, 0.25) is 5.91 Å². The second-order valence-electron chi connectivity index (χ2n) is 5.46. The SMILES string of the molecule is O=C(CCn1cncn1)N(Cc1cc(F)ccc1F)c1ccccc1. The molecule has 0 aliphatic rings. The Morgan fingerprint density at radius 2 is 1.92 bits per heavy atom. The number of para-hydroxylation sites is 1. The van der Waals surface area contributed by atoms with Crippen molar-refractivity contribution in [3.05, 3.63) is 78.4 Å². The van der Waals surface area contributed by atoms with E-state index in [1.807, 2.05) is 6.07 Å². The van der Waals surface area contributed by atoms with Crippen LogP contribution in [0.5, 0.6) is 0 Å². The Balaban J connectivity index is 1.82. The van der Waals surface area contributed by atoms with Crippen LogP contribution in [0.1, 0.15) is 12.0 Å². The Kier molecular flexibility index (Phi) is 5.13. The molecule has 0 aliphatic heterocycles. The summed E-state index contributed by atoms with van der Waals surface area (Å²) in [6.07, 6.45) is 3.07. The molecule has 128 valence electrons. The van der Waals surface area contributed by atoms with Crippen molar-refractivity contribution in [2.45, 2.75) is 19.5 Å². The molecule has 7 heteroatoms. The molecule has 0 atom stereocenters. The van der Waals surface area contributed by atoms with E-state index < -0.39 is 11.6 Å². The summed E-state index contributed by atoms with van der Waals surface area (Å²) in [7, 11) is 0. The van der Waals surface area contributed by atoms with Gasteiger partial charge in [0.05, 0.1) is 13.1 Å². The third-order valence-electron chi connectivity index (χ3n) is 3.73. The van der Waals surface area contributed by atoms with Gasteiger partial charge in [-0.25, -0.2) is 13.8 Å². The molecule has 0 saturated heterocycles. The fourth-order valence-electron chi connectivity index (χ4n) is 2.46. The predicted molar refractivity (Wildman–Crippen MR) is 88.6 cm³/mol. The van der Waals surface area contributed by atoms with Crippen LogP contribution in [0.4, 0.5) is 14.5 Å². The maximum atomic E-state index is 14.0. The number of carbonyl (C=O) groups is 1. The zero-order valence-electron chi connectivity index (χ0n) is 13.3. The Bertz CT molecular complexity index is 838. The largest absolute Gasteiger partial charge is 0.308 e. The number of amides is 1. The fourth-order valence-corrected chi connectivity index (χ4v) is 2.46. The second-order valence-corrected chi connectivity index (χ2v) is 5.46. The molecule has 3 aromatic rings. The highest BCUT2D eigenvalue weighted by molar-refractivity contribution is 5.93. The van der Waals surface area contributed by atoms with Crippen molar-refractivity contribution >= 4 is 11.6 Å². The molecule has 25 heavy (non-hydrogen) atoms. The molecule has 1 aromatic heterocycles. The molecular formula is C18H16F2N4O. The van der Waals surface area contributed by atoms with E-state index in [1.54, 1.807) is 28.9 Å². The van der Waals surface area contributed by atoms with Crippen LogP contribution in [-0.2, 0) is 17.9 Å². The van der Waals surface area contributed by atoms with E-state index in [-0.39, 0.29) is 24.4 Å². The van der Waals surface area contributed by atoms with Gasteiger partial charge in [-0.05, 0) is 30.3 Å². The van der Waals surface area contributed by atoms with Crippen molar-refractivity contribution in [2.24, 2.45) is 0 Å². The van der Waals surface area contributed by atoms with E-state index in [0.29, 0.717) is 12.2 Å². The van der Waals surface area contributed by atoms with Crippen molar-refractivity contribution in [1.82, 2.24) is 14.8 Å². The van der Waals surface area contributed by atoms with Crippen LogP contribution in [0.25, 0.3) is 0 Å². The molecule has 0 saturated carbocycles. The van der Waals surface area contributed by atoms with Crippen molar-refractivity contribution in [1.29, 1.82) is 0 Å². The highest BCUT2D eigenvalue weighted by atomic mass is 19.1. The zero-order valence-corrected chi connectivity index (χ0v) is 13.3. The van der Waals surface area contributed by atoms with Gasteiger partial charge in [0, 0.05) is 17.7 Å². The lowest BCUT2D eigenvalue weighted by molar-refractivity contribution is -0.119. The fraction of sp³-hybridized carbons (Fsp3) is 0.167. The Morgan fingerprint density at radius 3 is 2.64 bits per heavy atom. The average Bonchev–Trinajstić information content (AvgIpc) is 3.14. The smallest absolute Gasteiger partial charge is 0.229 e. The van der Waals surface area contributed by atoms with Crippen LogP contribution in [0.3, 0.4) is 0 Å². The molecule has 0 N–H and O–H groups in total. The number of anilines is 1. The molecule has 0 unspecified atom stereocenters. The van der Waals surface area contributed by atoms with Gasteiger partial charge in [0.25, 0.3) is 0 Å². The van der Waals surface area contributed by atoms with E-state index >= 15 is 0 Å². The number of aryl methyl sites for hydroxylation is 1. The van der Waals surface area contributed by atoms with Crippen LogP contribution in [0.15, 0.2) is 61.2 Å². The minimum Gasteiger partial charge on any atom is -0.308 e. The molecule has 2 aromatic carbocycles. The number of aromatic nitrogens is 3. The number of hydrogen-bond acceptors (Lipinski definition) is 3. The van der Waals surface area contributed by atoms with Crippen LogP contribution in [-0.4, -0.2) is 20.7 Å². The second kappa shape index (κ2) is 7.65. The first-order valence-corrected chi connectivity index (χ1v) is 7.75. The molecule has 0 spiro atoms. The minimum atomic E-state index is -0.550. The van der Waals surface area contributed by atoms with Crippen LogP contribution < -0.4 is 4.90 Å². The zero-order chi connectivity index (χ0) is 17.6. The summed E-state index contributed by atoms with van der Waals surface area (Å²) in [6, 6.07) is 12.1. The summed E-state index contributed by atoms with van der Waals surface area (Å²) < 4.78 is 29.0. The molecule has 0 radical (unpaired) electrons. The first-order valence-electron chi connectivity index (χ1n) is 7.75. The average molecular weight is 342 g/mol. The van der Waals surface area contributed by atoms with Crippen molar-refractivity contribution in [2.75, 3.05) is 4.90 Å². The van der Waals surface area contributed by atoms with Gasteiger partial charge in [-0.15, -0.1) is 0 Å². The quantitative estimate of drug-likeness (QED) is 0.691. The van der Waals surface area contributed by atoms with Crippen LogP contribution >= 0.6 is 0 Å². The summed E-state index contributed by atoms with van der Waals surface area (Å²) in [4.78, 5) is 18.0. The normalized spacial score (nSPS) is 10.6. The molecule has 3 rings (SSSR count). The number of nitrogens with zero attached hydrogens (tertiary/aromatic N) is 4. The highest BCUT2D eigenvalue weighted by Gasteiger charge is 2.18. The van der Waals surface area contributed by atoms with Gasteiger partial charge in [0.15, 0.2) is 0 Å². The van der Waals surface area contributed by atoms with Crippen LogP contribution in [0, 0.1) is 11.6 Å². The Labute approximate surface area is 143 Å². The Morgan fingerprint density at radius 1 is 1.12 bits per heavy atom. The summed E-state index contributed by atoms with van der Waals surface area (Å²) in [5.74, 6) is -1.31. The van der Waals surface area contributed by atoms with Crippen molar-refractivity contribution < 1.29 is 13.6 Å². The lowest BCUT2D eigenvalue weighted by atomic mass is 10.1. The van der Waals surface area contributed by atoms with E-state index in [1.165, 1.54) is 17.6 Å². The van der Waals surface area contributed by atoms with E-state index in [9.17, 15) is 13.6 Å². The monoisotopic (exact) mass is 342 g/mol. The third-order valence-corrected chi connectivity index (χ3v) is 3.73. The summed E-state index contributed by atoms with van der Waals surface area (Å²) in [5.41, 5.74) is 0.743. The van der Waals surface area contributed by atoms with Crippen molar-refractivity contribution in [3.63, 3.8) is 0 Å². The molecule has 1 heterocycles. The number of halogens is 2. The molecule has 5 nitrogen and oxygen atoms in total. The Hall–Kier alpha value is -3.09. The first kappa shape index (κ1) is 16.8. The predicted octanol–water partition coefficient (Wildman–Crippen LogP) is 3.18. The van der Waals surface area contributed by atoms with Gasteiger partial charge in [0.1, 0.15) is 24.3 Å². The maximum absolute atomic E-state index is 14.0. The van der Waals surface area contributed by atoms with Crippen LogP contribution in [0.2, 0.25) is 0 Å². The summed E-state index contributed by atoms with van der Waals surface area (Å²) >= 11 is 0. The standard InChI is InChI=1S/C18H16F2N4O/c19-15-6-7-17(20)14(10-15)11-24(16-4-2-1-3-5-16)18(25)8-9-23-13-21-12-22-23/h1-7,10,12-13H,8-9,11H2. The number of hydrogen-bond donors (Lipinski definition) is 0. The van der Waals surface area contributed by atoms with E-state index in [0.717, 1.165) is 18.2 Å². The third kappa shape index (κ3) is 4.26. The van der Waals surface area contributed by atoms with Crippen molar-refractivity contribution in [3.8, 4) is 0 Å². The van der Waals surface area contributed by atoms with Gasteiger partial charge in [-0.3, -0.25) is 9.48 Å². The number of carbonyl (C=O) groups excluding carboxylic acids is 1.